The fraction of sp³-hybridized carbons (Fsp3) is 0.304. The van der Waals surface area contributed by atoms with Crippen LogP contribution in [0.1, 0.15) is 44.5 Å². The molecule has 3 heterocycles. The molecule has 170 valence electrons. The summed E-state index contributed by atoms with van der Waals surface area (Å²) in [6.45, 7) is 7.75. The third-order valence-electron chi connectivity index (χ3n) is 5.48. The lowest BCUT2D eigenvalue weighted by Gasteiger charge is -2.26. The summed E-state index contributed by atoms with van der Waals surface area (Å²) >= 11 is 0. The van der Waals surface area contributed by atoms with Crippen molar-refractivity contribution < 1.29 is 9.18 Å². The van der Waals surface area contributed by atoms with Crippen LogP contribution in [0, 0.1) is 11.7 Å². The van der Waals surface area contributed by atoms with E-state index in [-0.39, 0.29) is 23.0 Å². The van der Waals surface area contributed by atoms with E-state index in [1.165, 1.54) is 18.5 Å². The molecule has 0 spiro atoms. The number of rotatable bonds is 7. The van der Waals surface area contributed by atoms with Crippen molar-refractivity contribution >= 4 is 17.9 Å². The fourth-order valence-electron chi connectivity index (χ4n) is 3.87. The number of carbonyl (C=O) groups is 1. The summed E-state index contributed by atoms with van der Waals surface area (Å²) in [5.41, 5.74) is 1.38. The van der Waals surface area contributed by atoms with Crippen molar-refractivity contribution in [2.24, 2.45) is 5.92 Å². The molecule has 0 saturated heterocycles. The van der Waals surface area contributed by atoms with E-state index in [9.17, 15) is 14.0 Å². The van der Waals surface area contributed by atoms with E-state index in [0.717, 1.165) is 5.69 Å². The number of amides is 1. The number of hydrogen-bond donors (Lipinski definition) is 2. The highest BCUT2D eigenvalue weighted by Crippen LogP contribution is 2.33. The molecule has 0 bridgehead atoms. The van der Waals surface area contributed by atoms with Gasteiger partial charge in [-0.1, -0.05) is 39.8 Å². The van der Waals surface area contributed by atoms with Crippen LogP contribution in [0.5, 0.6) is 0 Å². The molecule has 10 heteroatoms. The van der Waals surface area contributed by atoms with E-state index in [1.807, 2.05) is 13.8 Å². The number of aromatic amines is 1. The van der Waals surface area contributed by atoms with Gasteiger partial charge >= 0.3 is 0 Å². The van der Waals surface area contributed by atoms with Crippen molar-refractivity contribution in [1.29, 1.82) is 0 Å². The van der Waals surface area contributed by atoms with Crippen LogP contribution >= 0.6 is 0 Å². The number of carbonyl (C=O) groups excluding carboxylic acids is 1. The maximum absolute atomic E-state index is 13.4. The first-order valence-corrected chi connectivity index (χ1v) is 10.5. The minimum Gasteiger partial charge on any atom is -0.313 e. The number of benzene rings is 1. The first-order chi connectivity index (χ1) is 15.7. The smallest absolute Gasteiger partial charge is 0.257 e. The Morgan fingerprint density at radius 3 is 2.61 bits per heavy atom. The van der Waals surface area contributed by atoms with Gasteiger partial charge in [0.15, 0.2) is 11.5 Å². The number of hydrogen-bond acceptors (Lipinski definition) is 6. The number of nitrogens with one attached hydrogen (secondary N) is 2. The number of fused-ring (bicyclic) bond motifs is 1. The van der Waals surface area contributed by atoms with Crippen molar-refractivity contribution in [3.63, 3.8) is 0 Å². The summed E-state index contributed by atoms with van der Waals surface area (Å²) < 4.78 is 15.0. The van der Waals surface area contributed by atoms with Gasteiger partial charge in [-0.15, -0.1) is 0 Å². The largest absolute Gasteiger partial charge is 0.313 e. The molecule has 0 aliphatic carbocycles. The van der Waals surface area contributed by atoms with Gasteiger partial charge in [-0.25, -0.2) is 23.9 Å². The van der Waals surface area contributed by atoms with Gasteiger partial charge in [-0.05, 0) is 30.0 Å². The van der Waals surface area contributed by atoms with E-state index in [2.05, 4.69) is 44.2 Å². The van der Waals surface area contributed by atoms with Gasteiger partial charge in [0.2, 0.25) is 6.41 Å². The van der Waals surface area contributed by atoms with Crippen LogP contribution < -0.4 is 10.9 Å². The van der Waals surface area contributed by atoms with Gasteiger partial charge in [0.05, 0.1) is 17.5 Å². The number of aromatic nitrogens is 6. The van der Waals surface area contributed by atoms with E-state index >= 15 is 0 Å². The Balaban J connectivity index is 1.88. The first-order valence-electron chi connectivity index (χ1n) is 10.5. The van der Waals surface area contributed by atoms with Crippen molar-refractivity contribution in [3.05, 3.63) is 69.8 Å². The van der Waals surface area contributed by atoms with E-state index in [1.54, 1.807) is 22.8 Å². The van der Waals surface area contributed by atoms with Crippen LogP contribution in [0.4, 0.5) is 10.2 Å². The van der Waals surface area contributed by atoms with E-state index < -0.39 is 11.0 Å². The summed E-state index contributed by atoms with van der Waals surface area (Å²) in [7, 11) is 0. The molecular formula is C23H24FN7O2. The Labute approximate surface area is 189 Å². The zero-order valence-electron chi connectivity index (χ0n) is 18.8. The van der Waals surface area contributed by atoms with Gasteiger partial charge in [-0.2, -0.15) is 5.10 Å². The summed E-state index contributed by atoms with van der Waals surface area (Å²) in [4.78, 5) is 40.9. The predicted molar refractivity (Wildman–Crippen MR) is 121 cm³/mol. The van der Waals surface area contributed by atoms with Gasteiger partial charge in [0.1, 0.15) is 23.7 Å². The van der Waals surface area contributed by atoms with Crippen LogP contribution in [-0.4, -0.2) is 36.0 Å². The molecule has 33 heavy (non-hydrogen) atoms. The molecular weight excluding hydrogens is 425 g/mol. The van der Waals surface area contributed by atoms with Crippen LogP contribution in [0.15, 0.2) is 41.6 Å². The molecule has 0 atom stereocenters. The van der Waals surface area contributed by atoms with E-state index in [4.69, 9.17) is 0 Å². The topological polar surface area (TPSA) is 118 Å². The quantitative estimate of drug-likeness (QED) is 0.419. The normalized spacial score (nSPS) is 11.8. The third kappa shape index (κ3) is 4.23. The fourth-order valence-corrected chi connectivity index (χ4v) is 3.87. The number of H-pyrrole nitrogens is 1. The molecule has 4 rings (SSSR count). The van der Waals surface area contributed by atoms with Crippen LogP contribution in [0.2, 0.25) is 0 Å². The highest BCUT2D eigenvalue weighted by atomic mass is 19.1. The molecule has 3 aromatic heterocycles. The number of anilines is 1. The molecule has 0 fully saturated rings. The molecule has 0 unspecified atom stereocenters. The predicted octanol–water partition coefficient (Wildman–Crippen LogP) is 3.11. The number of halogens is 1. The molecule has 0 radical (unpaired) electrons. The second-order valence-electron chi connectivity index (χ2n) is 8.73. The van der Waals surface area contributed by atoms with Crippen LogP contribution in [0.3, 0.4) is 0 Å². The lowest BCUT2D eigenvalue weighted by atomic mass is 9.78. The minimum atomic E-state index is -0.871. The third-order valence-corrected chi connectivity index (χ3v) is 5.48. The number of nitrogens with zero attached hydrogens (tertiary/aromatic N) is 5. The van der Waals surface area contributed by atoms with Gasteiger partial charge < -0.3 is 10.3 Å². The lowest BCUT2D eigenvalue weighted by molar-refractivity contribution is -0.105. The molecule has 4 aromatic rings. The molecule has 0 aliphatic rings. The Morgan fingerprint density at radius 1 is 1.21 bits per heavy atom. The molecule has 9 nitrogen and oxygen atoms in total. The summed E-state index contributed by atoms with van der Waals surface area (Å²) in [6.07, 6.45) is 4.19. The van der Waals surface area contributed by atoms with Crippen molar-refractivity contribution in [2.45, 2.75) is 39.5 Å². The van der Waals surface area contributed by atoms with Crippen molar-refractivity contribution in [1.82, 2.24) is 29.5 Å². The standard InChI is InChI=1S/C23H24FN7O2/c1-13(2)9-16-21-25-11-27-31(21)10-17(28-16)19-29-20(26-12-32)18(22(33)30-19)23(3,4)14-5-7-15(24)8-6-14/h5-8,10-13H,9H2,1-4H3,(H2,26,29,30,32,33). The van der Waals surface area contributed by atoms with Gasteiger partial charge in [0.25, 0.3) is 5.56 Å². The Hall–Kier alpha value is -3.95. The second-order valence-corrected chi connectivity index (χ2v) is 8.73. The average Bonchev–Trinajstić information content (AvgIpc) is 3.22. The minimum absolute atomic E-state index is 0.101. The van der Waals surface area contributed by atoms with Gasteiger partial charge in [-0.3, -0.25) is 9.59 Å². The zero-order chi connectivity index (χ0) is 23.8. The lowest BCUT2D eigenvalue weighted by Crippen LogP contribution is -2.31. The highest BCUT2D eigenvalue weighted by molar-refractivity contribution is 5.73. The van der Waals surface area contributed by atoms with E-state index in [0.29, 0.717) is 35.7 Å². The monoisotopic (exact) mass is 449 g/mol. The Bertz CT molecular complexity index is 1370. The van der Waals surface area contributed by atoms with Crippen molar-refractivity contribution in [3.8, 4) is 11.5 Å². The Kier molecular flexibility index (Phi) is 5.75. The molecule has 0 aliphatic heterocycles. The van der Waals surface area contributed by atoms with Crippen molar-refractivity contribution in [2.75, 3.05) is 5.32 Å². The molecule has 1 amide bonds. The maximum atomic E-state index is 13.4. The molecule has 0 saturated carbocycles. The molecule has 1 aromatic carbocycles. The summed E-state index contributed by atoms with van der Waals surface area (Å²) in [5.74, 6) is 0.232. The Morgan fingerprint density at radius 2 is 1.94 bits per heavy atom. The van der Waals surface area contributed by atoms with Crippen LogP contribution in [-0.2, 0) is 16.6 Å². The maximum Gasteiger partial charge on any atom is 0.257 e. The molecule has 2 N–H and O–H groups in total. The summed E-state index contributed by atoms with van der Waals surface area (Å²) in [6, 6.07) is 5.86. The second kappa shape index (κ2) is 8.53. The van der Waals surface area contributed by atoms with Crippen LogP contribution in [0.25, 0.3) is 17.2 Å². The first kappa shape index (κ1) is 22.3. The zero-order valence-corrected chi connectivity index (χ0v) is 18.8. The highest BCUT2D eigenvalue weighted by Gasteiger charge is 2.31. The SMILES string of the molecule is CC(C)Cc1nc(-c2nc(NC=O)c(C(C)(C)c3ccc(F)cc3)c(=O)[nH]2)cn2ncnc12. The summed E-state index contributed by atoms with van der Waals surface area (Å²) in [5, 5.41) is 6.75. The average molecular weight is 449 g/mol. The van der Waals surface area contributed by atoms with Gasteiger partial charge in [0, 0.05) is 5.41 Å².